The Bertz CT molecular complexity index is 1020. The highest BCUT2D eigenvalue weighted by molar-refractivity contribution is 5.60. The molecule has 0 aliphatic heterocycles. The van der Waals surface area contributed by atoms with Crippen LogP contribution in [0.25, 0.3) is 5.82 Å². The van der Waals surface area contributed by atoms with Crippen molar-refractivity contribution in [2.45, 2.75) is 19.7 Å². The monoisotopic (exact) mass is 389 g/mol. The second-order valence-electron chi connectivity index (χ2n) is 5.54. The first-order valence-corrected chi connectivity index (χ1v) is 8.03. The number of rotatable bonds is 5. The quantitative estimate of drug-likeness (QED) is 0.688. The van der Waals surface area contributed by atoms with Gasteiger partial charge in [0, 0.05) is 11.8 Å². The SMILES string of the molecule is CCc1nn(-c2cc(Nc3ccc(OC(F)(F)F)cc3)ncn2)c(N)c1C#N. The van der Waals surface area contributed by atoms with E-state index < -0.39 is 6.36 Å². The molecule has 28 heavy (non-hydrogen) atoms. The predicted molar refractivity (Wildman–Crippen MR) is 94.1 cm³/mol. The van der Waals surface area contributed by atoms with E-state index in [1.165, 1.54) is 35.3 Å². The van der Waals surface area contributed by atoms with Crippen molar-refractivity contribution in [2.75, 3.05) is 11.1 Å². The van der Waals surface area contributed by atoms with Crippen LogP contribution >= 0.6 is 0 Å². The highest BCUT2D eigenvalue weighted by atomic mass is 19.4. The molecule has 144 valence electrons. The lowest BCUT2D eigenvalue weighted by Gasteiger charge is -2.10. The molecule has 3 rings (SSSR count). The molecule has 1 aromatic carbocycles. The molecule has 0 aliphatic rings. The number of ether oxygens (including phenoxy) is 1. The summed E-state index contributed by atoms with van der Waals surface area (Å²) >= 11 is 0. The van der Waals surface area contributed by atoms with E-state index in [4.69, 9.17) is 5.73 Å². The minimum Gasteiger partial charge on any atom is -0.406 e. The standard InChI is InChI=1S/C17H14F3N7O/c1-2-13-12(8-21)16(22)27(26-13)15-7-14(23-9-24-15)25-10-3-5-11(6-4-10)28-17(18,19)20/h3-7,9H,2,22H2,1H3,(H,23,24,25). The van der Waals surface area contributed by atoms with Crippen molar-refractivity contribution in [3.05, 3.63) is 47.9 Å². The first kappa shape index (κ1) is 19.0. The van der Waals surface area contributed by atoms with Gasteiger partial charge in [-0.2, -0.15) is 15.0 Å². The van der Waals surface area contributed by atoms with Crippen LogP contribution in [0.2, 0.25) is 0 Å². The summed E-state index contributed by atoms with van der Waals surface area (Å²) in [6, 6.07) is 8.74. The maximum absolute atomic E-state index is 12.2. The normalized spacial score (nSPS) is 11.1. The van der Waals surface area contributed by atoms with Crippen LogP contribution in [0.4, 0.5) is 30.5 Å². The lowest BCUT2D eigenvalue weighted by Crippen LogP contribution is -2.16. The number of benzene rings is 1. The Labute approximate surface area is 157 Å². The van der Waals surface area contributed by atoms with Gasteiger partial charge in [-0.05, 0) is 30.7 Å². The molecule has 3 N–H and O–H groups in total. The van der Waals surface area contributed by atoms with Gasteiger partial charge in [-0.3, -0.25) is 0 Å². The van der Waals surface area contributed by atoms with Crippen LogP contribution in [0, 0.1) is 11.3 Å². The van der Waals surface area contributed by atoms with Gasteiger partial charge in [-0.15, -0.1) is 13.2 Å². The second-order valence-corrected chi connectivity index (χ2v) is 5.54. The Morgan fingerprint density at radius 3 is 2.54 bits per heavy atom. The molecule has 2 heterocycles. The molecule has 0 bridgehead atoms. The predicted octanol–water partition coefficient (Wildman–Crippen LogP) is 3.32. The van der Waals surface area contributed by atoms with Gasteiger partial charge in [0.1, 0.15) is 35.3 Å². The Balaban J connectivity index is 1.83. The fourth-order valence-electron chi connectivity index (χ4n) is 2.44. The lowest BCUT2D eigenvalue weighted by molar-refractivity contribution is -0.274. The van der Waals surface area contributed by atoms with Gasteiger partial charge in [0.2, 0.25) is 0 Å². The van der Waals surface area contributed by atoms with Crippen molar-refractivity contribution in [1.82, 2.24) is 19.7 Å². The number of halogens is 3. The molecule has 0 spiro atoms. The number of nitriles is 1. The van der Waals surface area contributed by atoms with Gasteiger partial charge in [0.15, 0.2) is 5.82 Å². The number of anilines is 3. The van der Waals surface area contributed by atoms with Crippen molar-refractivity contribution in [3.8, 4) is 17.6 Å². The molecular formula is C17H14F3N7O. The zero-order valence-electron chi connectivity index (χ0n) is 14.5. The highest BCUT2D eigenvalue weighted by Crippen LogP contribution is 2.26. The van der Waals surface area contributed by atoms with Crippen molar-refractivity contribution in [2.24, 2.45) is 0 Å². The molecule has 11 heteroatoms. The topological polar surface area (TPSA) is 115 Å². The molecule has 0 atom stereocenters. The van der Waals surface area contributed by atoms with Crippen LogP contribution < -0.4 is 15.8 Å². The van der Waals surface area contributed by atoms with Gasteiger partial charge >= 0.3 is 6.36 Å². The van der Waals surface area contributed by atoms with Crippen LogP contribution in [-0.2, 0) is 6.42 Å². The molecule has 0 unspecified atom stereocenters. The first-order chi connectivity index (χ1) is 13.3. The van der Waals surface area contributed by atoms with E-state index in [1.54, 1.807) is 6.07 Å². The molecular weight excluding hydrogens is 375 g/mol. The number of hydrogen-bond acceptors (Lipinski definition) is 7. The van der Waals surface area contributed by atoms with Crippen molar-refractivity contribution < 1.29 is 17.9 Å². The number of aromatic nitrogens is 4. The van der Waals surface area contributed by atoms with Crippen LogP contribution in [-0.4, -0.2) is 26.1 Å². The van der Waals surface area contributed by atoms with Crippen molar-refractivity contribution >= 4 is 17.3 Å². The van der Waals surface area contributed by atoms with Crippen LogP contribution in [0.15, 0.2) is 36.7 Å². The summed E-state index contributed by atoms with van der Waals surface area (Å²) in [5.41, 5.74) is 7.31. The average molecular weight is 389 g/mol. The van der Waals surface area contributed by atoms with Gasteiger partial charge in [-0.1, -0.05) is 6.92 Å². The summed E-state index contributed by atoms with van der Waals surface area (Å²) in [6.45, 7) is 1.85. The summed E-state index contributed by atoms with van der Waals surface area (Å²) in [5, 5.41) is 16.5. The number of nitrogen functional groups attached to an aromatic ring is 1. The number of alkyl halides is 3. The Morgan fingerprint density at radius 2 is 1.96 bits per heavy atom. The molecule has 0 aliphatic carbocycles. The van der Waals surface area contributed by atoms with E-state index in [9.17, 15) is 18.4 Å². The summed E-state index contributed by atoms with van der Waals surface area (Å²) < 4.78 is 41.8. The van der Waals surface area contributed by atoms with Crippen molar-refractivity contribution in [1.29, 1.82) is 5.26 Å². The largest absolute Gasteiger partial charge is 0.573 e. The minimum atomic E-state index is -4.75. The minimum absolute atomic E-state index is 0.164. The molecule has 2 aromatic heterocycles. The fourth-order valence-corrected chi connectivity index (χ4v) is 2.44. The molecule has 0 fully saturated rings. The number of nitrogens with zero attached hydrogens (tertiary/aromatic N) is 5. The van der Waals surface area contributed by atoms with Crippen molar-refractivity contribution in [3.63, 3.8) is 0 Å². The molecule has 0 saturated carbocycles. The van der Waals surface area contributed by atoms with E-state index in [-0.39, 0.29) is 17.1 Å². The van der Waals surface area contributed by atoms with E-state index in [1.807, 2.05) is 13.0 Å². The number of hydrogen-bond donors (Lipinski definition) is 2. The van der Waals surface area contributed by atoms with E-state index in [0.29, 0.717) is 29.4 Å². The van der Waals surface area contributed by atoms with Crippen LogP contribution in [0.1, 0.15) is 18.2 Å². The molecule has 0 saturated heterocycles. The molecule has 0 radical (unpaired) electrons. The summed E-state index contributed by atoms with van der Waals surface area (Å²) in [6.07, 6.45) is -2.94. The molecule has 3 aromatic rings. The fraction of sp³-hybridized carbons (Fsp3) is 0.176. The van der Waals surface area contributed by atoms with Gasteiger partial charge < -0.3 is 15.8 Å². The number of aryl methyl sites for hydroxylation is 1. The zero-order valence-corrected chi connectivity index (χ0v) is 14.5. The van der Waals surface area contributed by atoms with E-state index >= 15 is 0 Å². The molecule has 8 nitrogen and oxygen atoms in total. The Hall–Kier alpha value is -3.81. The van der Waals surface area contributed by atoms with Crippen LogP contribution in [0.5, 0.6) is 5.75 Å². The maximum atomic E-state index is 12.2. The summed E-state index contributed by atoms with van der Waals surface area (Å²) in [5.74, 6) is 0.531. The summed E-state index contributed by atoms with van der Waals surface area (Å²) in [4.78, 5) is 8.17. The Kier molecular flexibility index (Phi) is 5.04. The smallest absolute Gasteiger partial charge is 0.406 e. The second kappa shape index (κ2) is 7.43. The highest BCUT2D eigenvalue weighted by Gasteiger charge is 2.30. The van der Waals surface area contributed by atoms with E-state index in [2.05, 4.69) is 25.1 Å². The average Bonchev–Trinajstić information content (AvgIpc) is 2.98. The maximum Gasteiger partial charge on any atom is 0.573 e. The van der Waals surface area contributed by atoms with Gasteiger partial charge in [0.05, 0.1) is 5.69 Å². The lowest BCUT2D eigenvalue weighted by atomic mass is 10.2. The first-order valence-electron chi connectivity index (χ1n) is 8.03. The summed E-state index contributed by atoms with van der Waals surface area (Å²) in [7, 11) is 0. The van der Waals surface area contributed by atoms with Gasteiger partial charge in [0.25, 0.3) is 0 Å². The van der Waals surface area contributed by atoms with Crippen LogP contribution in [0.3, 0.4) is 0 Å². The number of nitrogens with two attached hydrogens (primary N) is 1. The third-order valence-electron chi connectivity index (χ3n) is 3.67. The third kappa shape index (κ3) is 4.12. The molecule has 0 amide bonds. The third-order valence-corrected chi connectivity index (χ3v) is 3.67. The van der Waals surface area contributed by atoms with Gasteiger partial charge in [-0.25, -0.2) is 9.97 Å². The number of nitrogens with one attached hydrogen (secondary N) is 1. The zero-order chi connectivity index (χ0) is 20.3. The Morgan fingerprint density at radius 1 is 1.25 bits per heavy atom. The van der Waals surface area contributed by atoms with E-state index in [0.717, 1.165) is 0 Å².